The minimum atomic E-state index is -4.68. The number of amides is 1. The van der Waals surface area contributed by atoms with Crippen LogP contribution in [-0.4, -0.2) is 17.5 Å². The van der Waals surface area contributed by atoms with E-state index in [1.54, 1.807) is 19.1 Å². The zero-order chi connectivity index (χ0) is 18.4. The van der Waals surface area contributed by atoms with Gasteiger partial charge in [0, 0.05) is 18.1 Å². The van der Waals surface area contributed by atoms with Crippen molar-refractivity contribution in [3.8, 4) is 11.8 Å². The van der Waals surface area contributed by atoms with Gasteiger partial charge in [0.2, 0.25) is 5.91 Å². The molecule has 0 aliphatic rings. The van der Waals surface area contributed by atoms with E-state index in [0.717, 1.165) is 12.1 Å². The van der Waals surface area contributed by atoms with Crippen LogP contribution >= 0.6 is 0 Å². The second-order valence-corrected chi connectivity index (χ2v) is 5.25. The fourth-order valence-electron chi connectivity index (χ4n) is 1.95. The lowest BCUT2D eigenvalue weighted by Crippen LogP contribution is -2.25. The Morgan fingerprint density at radius 3 is 2.60 bits per heavy atom. The number of rotatable bonds is 5. The molecule has 5 nitrogen and oxygen atoms in total. The molecule has 8 heteroatoms. The molecule has 0 saturated carbocycles. The Balaban J connectivity index is 2.03. The van der Waals surface area contributed by atoms with Gasteiger partial charge in [-0.05, 0) is 30.3 Å². The number of nitrogens with zero attached hydrogens (tertiary/aromatic N) is 2. The topological polar surface area (TPSA) is 75.0 Å². The van der Waals surface area contributed by atoms with E-state index in [0.29, 0.717) is 5.75 Å². The third-order valence-corrected chi connectivity index (χ3v) is 3.31. The number of hydrogen-bond acceptors (Lipinski definition) is 4. The van der Waals surface area contributed by atoms with Crippen LogP contribution in [-0.2, 0) is 11.0 Å². The van der Waals surface area contributed by atoms with Gasteiger partial charge in [-0.25, -0.2) is 0 Å². The van der Waals surface area contributed by atoms with Crippen molar-refractivity contribution in [1.82, 2.24) is 4.98 Å². The summed E-state index contributed by atoms with van der Waals surface area (Å²) < 4.78 is 44.2. The Bertz CT molecular complexity index is 786. The van der Waals surface area contributed by atoms with Crippen molar-refractivity contribution < 1.29 is 22.7 Å². The molecule has 0 fully saturated rings. The highest BCUT2D eigenvalue weighted by atomic mass is 19.4. The molecule has 25 heavy (non-hydrogen) atoms. The number of anilines is 1. The molecule has 0 aliphatic heterocycles. The van der Waals surface area contributed by atoms with Gasteiger partial charge >= 0.3 is 6.18 Å². The maximum atomic E-state index is 12.9. The van der Waals surface area contributed by atoms with Crippen LogP contribution in [0, 0.1) is 17.2 Å². The molecule has 0 spiro atoms. The van der Waals surface area contributed by atoms with E-state index >= 15 is 0 Å². The quantitative estimate of drug-likeness (QED) is 0.894. The van der Waals surface area contributed by atoms with E-state index < -0.39 is 29.1 Å². The molecule has 0 bridgehead atoms. The monoisotopic (exact) mass is 349 g/mol. The van der Waals surface area contributed by atoms with Crippen molar-refractivity contribution in [2.24, 2.45) is 5.92 Å². The minimum absolute atomic E-state index is 0.0351. The van der Waals surface area contributed by atoms with Crippen LogP contribution < -0.4 is 10.1 Å². The van der Waals surface area contributed by atoms with Gasteiger partial charge in [-0.15, -0.1) is 0 Å². The average Bonchev–Trinajstić information content (AvgIpc) is 2.59. The standard InChI is InChI=1S/C17H14F3N3O2/c1-11(10-25-14-4-6-22-7-5-14)16(24)23-13-3-2-12(9-21)15(8-13)17(18,19)20/h2-8,11H,10H2,1H3,(H,23,24). The number of carbonyl (C=O) groups excluding carboxylic acids is 1. The number of carbonyl (C=O) groups is 1. The molecule has 1 unspecified atom stereocenters. The van der Waals surface area contributed by atoms with Crippen LogP contribution in [0.5, 0.6) is 5.75 Å². The van der Waals surface area contributed by atoms with Gasteiger partial charge in [-0.1, -0.05) is 6.92 Å². The summed E-state index contributed by atoms with van der Waals surface area (Å²) >= 11 is 0. The number of benzene rings is 1. The molecule has 0 aliphatic carbocycles. The Kier molecular flexibility index (Phi) is 5.60. The second kappa shape index (κ2) is 7.66. The van der Waals surface area contributed by atoms with Crippen LogP contribution in [0.15, 0.2) is 42.7 Å². The fourth-order valence-corrected chi connectivity index (χ4v) is 1.95. The Labute approximate surface area is 142 Å². The molecule has 0 saturated heterocycles. The fraction of sp³-hybridized carbons (Fsp3) is 0.235. The maximum Gasteiger partial charge on any atom is 0.417 e. The van der Waals surface area contributed by atoms with E-state index in [2.05, 4.69) is 10.3 Å². The van der Waals surface area contributed by atoms with Crippen molar-refractivity contribution in [2.45, 2.75) is 13.1 Å². The van der Waals surface area contributed by atoms with Gasteiger partial charge in [0.1, 0.15) is 5.75 Å². The first-order valence-corrected chi connectivity index (χ1v) is 7.26. The van der Waals surface area contributed by atoms with Crippen molar-refractivity contribution >= 4 is 11.6 Å². The van der Waals surface area contributed by atoms with E-state index in [4.69, 9.17) is 10.00 Å². The predicted octanol–water partition coefficient (Wildman–Crippen LogP) is 3.63. The number of alkyl halides is 3. The second-order valence-electron chi connectivity index (χ2n) is 5.25. The van der Waals surface area contributed by atoms with Gasteiger partial charge in [0.25, 0.3) is 0 Å². The molecule has 130 valence electrons. The summed E-state index contributed by atoms with van der Waals surface area (Å²) in [4.78, 5) is 15.9. The van der Waals surface area contributed by atoms with Gasteiger partial charge in [-0.2, -0.15) is 18.4 Å². The van der Waals surface area contributed by atoms with Crippen LogP contribution in [0.4, 0.5) is 18.9 Å². The third kappa shape index (κ3) is 4.94. The first-order chi connectivity index (χ1) is 11.8. The van der Waals surface area contributed by atoms with Crippen LogP contribution in [0.3, 0.4) is 0 Å². The predicted molar refractivity (Wildman–Crippen MR) is 83.7 cm³/mol. The van der Waals surface area contributed by atoms with Gasteiger partial charge < -0.3 is 10.1 Å². The molecule has 1 amide bonds. The summed E-state index contributed by atoms with van der Waals surface area (Å²) in [5.41, 5.74) is -1.62. The number of pyridine rings is 1. The maximum absolute atomic E-state index is 12.9. The SMILES string of the molecule is CC(COc1ccncc1)C(=O)Nc1ccc(C#N)c(C(F)(F)F)c1. The van der Waals surface area contributed by atoms with E-state index in [1.165, 1.54) is 24.5 Å². The summed E-state index contributed by atoms with van der Waals surface area (Å²) in [6.45, 7) is 1.64. The number of nitriles is 1. The molecule has 2 aromatic rings. The van der Waals surface area contributed by atoms with Crippen molar-refractivity contribution in [3.63, 3.8) is 0 Å². The van der Waals surface area contributed by atoms with Crippen molar-refractivity contribution in [2.75, 3.05) is 11.9 Å². The third-order valence-electron chi connectivity index (χ3n) is 3.31. The summed E-state index contributed by atoms with van der Waals surface area (Å²) in [6, 6.07) is 7.76. The van der Waals surface area contributed by atoms with E-state index in [1.807, 2.05) is 0 Å². The molecule has 1 atom stereocenters. The lowest BCUT2D eigenvalue weighted by molar-refractivity contribution is -0.137. The Morgan fingerprint density at radius 1 is 1.32 bits per heavy atom. The molecular formula is C17H14F3N3O2. The van der Waals surface area contributed by atoms with Gasteiger partial charge in [-0.3, -0.25) is 9.78 Å². The Morgan fingerprint density at radius 2 is 2.00 bits per heavy atom. The van der Waals surface area contributed by atoms with E-state index in [9.17, 15) is 18.0 Å². The Hall–Kier alpha value is -3.08. The van der Waals surface area contributed by atoms with Gasteiger partial charge in [0.05, 0.1) is 29.7 Å². The summed E-state index contributed by atoms with van der Waals surface area (Å²) in [7, 11) is 0. The highest BCUT2D eigenvalue weighted by Crippen LogP contribution is 2.33. The van der Waals surface area contributed by atoms with Crippen molar-refractivity contribution in [3.05, 3.63) is 53.9 Å². The minimum Gasteiger partial charge on any atom is -0.493 e. The van der Waals surface area contributed by atoms with Crippen molar-refractivity contribution in [1.29, 1.82) is 5.26 Å². The number of halogens is 3. The van der Waals surface area contributed by atoms with E-state index in [-0.39, 0.29) is 12.3 Å². The summed E-state index contributed by atoms with van der Waals surface area (Å²) in [6.07, 6.45) is -1.60. The first-order valence-electron chi connectivity index (χ1n) is 7.26. The number of aromatic nitrogens is 1. The first kappa shape index (κ1) is 18.3. The molecule has 1 N–H and O–H groups in total. The molecule has 2 rings (SSSR count). The number of hydrogen-bond donors (Lipinski definition) is 1. The highest BCUT2D eigenvalue weighted by Gasteiger charge is 2.34. The summed E-state index contributed by atoms with van der Waals surface area (Å²) in [5.74, 6) is -0.558. The molecule has 1 heterocycles. The lowest BCUT2D eigenvalue weighted by Gasteiger charge is -2.15. The lowest BCUT2D eigenvalue weighted by atomic mass is 10.1. The molecule has 0 radical (unpaired) electrons. The molecule has 1 aromatic carbocycles. The normalized spacial score (nSPS) is 12.1. The zero-order valence-electron chi connectivity index (χ0n) is 13.2. The molecule has 1 aromatic heterocycles. The zero-order valence-corrected chi connectivity index (χ0v) is 13.2. The van der Waals surface area contributed by atoms with Crippen LogP contribution in [0.2, 0.25) is 0 Å². The number of nitrogens with one attached hydrogen (secondary N) is 1. The largest absolute Gasteiger partial charge is 0.493 e. The number of ether oxygens (including phenoxy) is 1. The highest BCUT2D eigenvalue weighted by molar-refractivity contribution is 5.92. The van der Waals surface area contributed by atoms with Crippen LogP contribution in [0.1, 0.15) is 18.1 Å². The molecular weight excluding hydrogens is 335 g/mol. The average molecular weight is 349 g/mol. The summed E-state index contributed by atoms with van der Waals surface area (Å²) in [5, 5.41) is 11.2. The van der Waals surface area contributed by atoms with Crippen LogP contribution in [0.25, 0.3) is 0 Å². The smallest absolute Gasteiger partial charge is 0.417 e. The van der Waals surface area contributed by atoms with Gasteiger partial charge in [0.15, 0.2) is 0 Å².